The highest BCUT2D eigenvalue weighted by molar-refractivity contribution is 5.83. The molecule has 0 spiro atoms. The molecular weight excluding hydrogens is 258 g/mol. The van der Waals surface area contributed by atoms with E-state index in [4.69, 9.17) is 0 Å². The third-order valence-corrected chi connectivity index (χ3v) is 3.70. The van der Waals surface area contributed by atoms with Crippen molar-refractivity contribution in [3.8, 4) is 11.8 Å². The molecule has 0 aliphatic rings. The molecule has 0 atom stereocenters. The van der Waals surface area contributed by atoms with Gasteiger partial charge >= 0.3 is 0 Å². The van der Waals surface area contributed by atoms with Crippen molar-refractivity contribution in [1.29, 1.82) is 5.26 Å². The molecule has 21 heavy (non-hydrogen) atoms. The summed E-state index contributed by atoms with van der Waals surface area (Å²) in [6, 6.07) is 16.3. The molecule has 1 heterocycles. The van der Waals surface area contributed by atoms with Gasteiger partial charge in [0.1, 0.15) is 12.4 Å². The number of benzene rings is 2. The molecule has 1 aromatic heterocycles. The van der Waals surface area contributed by atoms with Gasteiger partial charge in [-0.25, -0.2) is 4.98 Å². The Balaban J connectivity index is 2.16. The molecule has 3 rings (SSSR count). The number of hydrogen-bond acceptors (Lipinski definition) is 2. The number of para-hydroxylation sites is 1. The van der Waals surface area contributed by atoms with Gasteiger partial charge in [0.05, 0.1) is 16.6 Å². The van der Waals surface area contributed by atoms with Gasteiger partial charge < -0.3 is 0 Å². The van der Waals surface area contributed by atoms with Gasteiger partial charge in [-0.15, -0.1) is 0 Å². The van der Waals surface area contributed by atoms with Crippen molar-refractivity contribution in [2.45, 2.75) is 26.2 Å². The van der Waals surface area contributed by atoms with Crippen LogP contribution >= 0.6 is 0 Å². The first kappa shape index (κ1) is 13.4. The monoisotopic (exact) mass is 275 g/mol. The summed E-state index contributed by atoms with van der Waals surface area (Å²) in [4.78, 5) is 4.39. The van der Waals surface area contributed by atoms with E-state index in [1.165, 1.54) is 5.56 Å². The third-order valence-electron chi connectivity index (χ3n) is 3.70. The summed E-state index contributed by atoms with van der Waals surface area (Å²) in [5, 5.41) is 9.29. The number of imidazole rings is 1. The van der Waals surface area contributed by atoms with Crippen molar-refractivity contribution in [1.82, 2.24) is 9.55 Å². The molecule has 0 N–H and O–H groups in total. The van der Waals surface area contributed by atoms with Crippen molar-refractivity contribution in [3.63, 3.8) is 0 Å². The van der Waals surface area contributed by atoms with Crippen LogP contribution in [0.5, 0.6) is 0 Å². The molecule has 0 radical (unpaired) electrons. The highest BCUT2D eigenvalue weighted by Gasteiger charge is 2.14. The van der Waals surface area contributed by atoms with Crippen LogP contribution in [0.4, 0.5) is 0 Å². The SMILES string of the molecule is CC(C)(C)c1ccc(-n2cnc3cccc(C#N)c32)cc1. The summed E-state index contributed by atoms with van der Waals surface area (Å²) in [5.74, 6) is 0. The molecule has 104 valence electrons. The van der Waals surface area contributed by atoms with Crippen molar-refractivity contribution < 1.29 is 0 Å². The fourth-order valence-corrected chi connectivity index (χ4v) is 2.47. The van der Waals surface area contributed by atoms with E-state index in [0.717, 1.165) is 16.7 Å². The Morgan fingerprint density at radius 1 is 1.05 bits per heavy atom. The van der Waals surface area contributed by atoms with E-state index in [-0.39, 0.29) is 5.41 Å². The Hall–Kier alpha value is -2.60. The summed E-state index contributed by atoms with van der Waals surface area (Å²) < 4.78 is 1.97. The summed E-state index contributed by atoms with van der Waals surface area (Å²) >= 11 is 0. The predicted molar refractivity (Wildman–Crippen MR) is 84.5 cm³/mol. The van der Waals surface area contributed by atoms with Gasteiger partial charge in [-0.05, 0) is 35.2 Å². The van der Waals surface area contributed by atoms with Gasteiger partial charge in [-0.2, -0.15) is 5.26 Å². The van der Waals surface area contributed by atoms with Crippen LogP contribution in [0.25, 0.3) is 16.7 Å². The summed E-state index contributed by atoms with van der Waals surface area (Å²) in [7, 11) is 0. The molecule has 0 saturated carbocycles. The molecule has 0 amide bonds. The largest absolute Gasteiger partial charge is 0.298 e. The smallest absolute Gasteiger partial charge is 0.101 e. The topological polar surface area (TPSA) is 41.6 Å². The summed E-state index contributed by atoms with van der Waals surface area (Å²) in [6.45, 7) is 6.59. The number of rotatable bonds is 1. The van der Waals surface area contributed by atoms with Gasteiger partial charge in [0, 0.05) is 5.69 Å². The Kier molecular flexibility index (Phi) is 3.03. The van der Waals surface area contributed by atoms with E-state index < -0.39 is 0 Å². The number of nitrogens with zero attached hydrogens (tertiary/aromatic N) is 3. The lowest BCUT2D eigenvalue weighted by Gasteiger charge is -2.19. The van der Waals surface area contributed by atoms with Gasteiger partial charge in [0.25, 0.3) is 0 Å². The van der Waals surface area contributed by atoms with Crippen LogP contribution in [-0.2, 0) is 5.41 Å². The molecule has 0 bridgehead atoms. The average molecular weight is 275 g/mol. The number of nitriles is 1. The van der Waals surface area contributed by atoms with Crippen LogP contribution in [0.1, 0.15) is 31.9 Å². The molecule has 0 unspecified atom stereocenters. The minimum absolute atomic E-state index is 0.132. The van der Waals surface area contributed by atoms with Crippen molar-refractivity contribution in [2.24, 2.45) is 0 Å². The maximum absolute atomic E-state index is 9.29. The van der Waals surface area contributed by atoms with Crippen LogP contribution in [0.15, 0.2) is 48.8 Å². The fourth-order valence-electron chi connectivity index (χ4n) is 2.47. The van der Waals surface area contributed by atoms with E-state index >= 15 is 0 Å². The molecule has 3 nitrogen and oxygen atoms in total. The number of hydrogen-bond donors (Lipinski definition) is 0. The van der Waals surface area contributed by atoms with Gasteiger partial charge in [0.15, 0.2) is 0 Å². The fraction of sp³-hybridized carbons (Fsp3) is 0.222. The number of aromatic nitrogens is 2. The highest BCUT2D eigenvalue weighted by atomic mass is 15.0. The van der Waals surface area contributed by atoms with Crippen molar-refractivity contribution in [3.05, 3.63) is 59.9 Å². The molecule has 2 aromatic carbocycles. The second kappa shape index (κ2) is 4.75. The molecule has 0 aliphatic heterocycles. The molecule has 3 heteroatoms. The van der Waals surface area contributed by atoms with Crippen LogP contribution < -0.4 is 0 Å². The lowest BCUT2D eigenvalue weighted by molar-refractivity contribution is 0.590. The first-order chi connectivity index (χ1) is 10.0. The number of fused-ring (bicyclic) bond motifs is 1. The van der Waals surface area contributed by atoms with Gasteiger partial charge in [-0.1, -0.05) is 39.0 Å². The first-order valence-electron chi connectivity index (χ1n) is 6.98. The Labute approximate surface area is 124 Å². The summed E-state index contributed by atoms with van der Waals surface area (Å²) in [5.41, 5.74) is 4.79. The maximum Gasteiger partial charge on any atom is 0.101 e. The van der Waals surface area contributed by atoms with Crippen molar-refractivity contribution >= 4 is 11.0 Å². The second-order valence-electron chi connectivity index (χ2n) is 6.20. The quantitative estimate of drug-likeness (QED) is 0.668. The zero-order valence-corrected chi connectivity index (χ0v) is 12.5. The lowest BCUT2D eigenvalue weighted by Crippen LogP contribution is -2.10. The van der Waals surface area contributed by atoms with Crippen LogP contribution in [0, 0.1) is 11.3 Å². The van der Waals surface area contributed by atoms with Gasteiger partial charge in [0.2, 0.25) is 0 Å². The molecule has 0 aliphatic carbocycles. The maximum atomic E-state index is 9.29. The third kappa shape index (κ3) is 2.30. The van der Waals surface area contributed by atoms with Crippen molar-refractivity contribution in [2.75, 3.05) is 0 Å². The van der Waals surface area contributed by atoms with Crippen LogP contribution in [0.3, 0.4) is 0 Å². The first-order valence-corrected chi connectivity index (χ1v) is 6.98. The van der Waals surface area contributed by atoms with E-state index in [0.29, 0.717) is 5.56 Å². The van der Waals surface area contributed by atoms with Crippen LogP contribution in [0.2, 0.25) is 0 Å². The zero-order valence-electron chi connectivity index (χ0n) is 12.5. The van der Waals surface area contributed by atoms with E-state index in [2.05, 4.69) is 56.1 Å². The van der Waals surface area contributed by atoms with E-state index in [9.17, 15) is 5.26 Å². The average Bonchev–Trinajstić information content (AvgIpc) is 2.90. The van der Waals surface area contributed by atoms with E-state index in [1.807, 2.05) is 22.8 Å². The zero-order chi connectivity index (χ0) is 15.0. The minimum Gasteiger partial charge on any atom is -0.298 e. The highest BCUT2D eigenvalue weighted by Crippen LogP contribution is 2.25. The lowest BCUT2D eigenvalue weighted by atomic mass is 9.87. The normalized spacial score (nSPS) is 11.5. The second-order valence-corrected chi connectivity index (χ2v) is 6.20. The minimum atomic E-state index is 0.132. The molecule has 3 aromatic rings. The molecular formula is C18H17N3. The predicted octanol–water partition coefficient (Wildman–Crippen LogP) is 4.19. The Morgan fingerprint density at radius 2 is 1.76 bits per heavy atom. The van der Waals surface area contributed by atoms with E-state index in [1.54, 1.807) is 6.33 Å². The Bertz CT molecular complexity index is 828. The van der Waals surface area contributed by atoms with Gasteiger partial charge in [-0.3, -0.25) is 4.57 Å². The molecule has 0 fully saturated rings. The summed E-state index contributed by atoms with van der Waals surface area (Å²) in [6.07, 6.45) is 1.78. The van der Waals surface area contributed by atoms with Crippen LogP contribution in [-0.4, -0.2) is 9.55 Å². The molecule has 0 saturated heterocycles. The Morgan fingerprint density at radius 3 is 2.38 bits per heavy atom. The standard InChI is InChI=1S/C18H17N3/c1-18(2,3)14-7-9-15(10-8-14)21-12-20-16-6-4-5-13(11-19)17(16)21/h4-10,12H,1-3H3.